The summed E-state index contributed by atoms with van der Waals surface area (Å²) in [6, 6.07) is 6.81. The molecule has 0 aliphatic rings. The second-order valence-corrected chi connectivity index (χ2v) is 6.81. The summed E-state index contributed by atoms with van der Waals surface area (Å²) < 4.78 is 23.1. The zero-order valence-electron chi connectivity index (χ0n) is 11.7. The van der Waals surface area contributed by atoms with Crippen LogP contribution in [0.4, 0.5) is 0 Å². The quantitative estimate of drug-likeness (QED) is 0.570. The van der Waals surface area contributed by atoms with Crippen LogP contribution in [0.25, 0.3) is 0 Å². The molecule has 0 bridgehead atoms. The predicted molar refractivity (Wildman–Crippen MR) is 76.4 cm³/mol. The summed E-state index contributed by atoms with van der Waals surface area (Å²) >= 11 is 0. The van der Waals surface area contributed by atoms with Gasteiger partial charge in [0.25, 0.3) is 0 Å². The number of rotatable bonds is 7. The van der Waals surface area contributed by atoms with E-state index in [-0.39, 0.29) is 0 Å². The van der Waals surface area contributed by atoms with E-state index in [0.29, 0.717) is 23.6 Å². The van der Waals surface area contributed by atoms with Crippen molar-refractivity contribution in [3.05, 3.63) is 29.8 Å². The number of esters is 1. The average molecular weight is 284 g/mol. The predicted octanol–water partition coefficient (Wildman–Crippen LogP) is 3.21. The first-order valence-corrected chi connectivity index (χ1v) is 8.31. The fourth-order valence-corrected chi connectivity index (χ4v) is 4.03. The molecule has 0 saturated heterocycles. The second-order valence-electron chi connectivity index (χ2n) is 4.17. The lowest BCUT2D eigenvalue weighted by molar-refractivity contribution is 0.0527. The normalized spacial score (nSPS) is 13.8. The number of carbonyl (C=O) groups is 1. The van der Waals surface area contributed by atoms with Crippen LogP contribution >= 0.6 is 7.37 Å². The number of ether oxygens (including phenoxy) is 1. The highest BCUT2D eigenvalue weighted by atomic mass is 31.2. The molecule has 1 atom stereocenters. The standard InChI is InChI=1S/C14H21O4P/c1-4-6-11-19(16,17-3)13-10-8-7-9-12(13)14(15)18-5-2/h7-10H,4-6,11H2,1-3H3. The van der Waals surface area contributed by atoms with E-state index in [4.69, 9.17) is 9.26 Å². The topological polar surface area (TPSA) is 52.6 Å². The molecule has 0 saturated carbocycles. The molecule has 0 fully saturated rings. The Morgan fingerprint density at radius 3 is 2.53 bits per heavy atom. The van der Waals surface area contributed by atoms with E-state index in [1.807, 2.05) is 6.92 Å². The van der Waals surface area contributed by atoms with E-state index in [1.54, 1.807) is 31.2 Å². The number of unbranched alkanes of at least 4 members (excludes halogenated alkanes) is 1. The van der Waals surface area contributed by atoms with Crippen molar-refractivity contribution in [1.82, 2.24) is 0 Å². The SMILES string of the molecule is CCCCP(=O)(OC)c1ccccc1C(=O)OCC. The molecule has 0 N–H and O–H groups in total. The number of benzene rings is 1. The van der Waals surface area contributed by atoms with Crippen LogP contribution in [0.1, 0.15) is 37.0 Å². The maximum atomic E-state index is 12.8. The lowest BCUT2D eigenvalue weighted by Crippen LogP contribution is -2.20. The van der Waals surface area contributed by atoms with Crippen LogP contribution in [0, 0.1) is 0 Å². The minimum Gasteiger partial charge on any atom is -0.462 e. The largest absolute Gasteiger partial charge is 0.462 e. The summed E-state index contributed by atoms with van der Waals surface area (Å²) in [6.45, 7) is 4.06. The molecular weight excluding hydrogens is 263 g/mol. The minimum absolute atomic E-state index is 0.291. The summed E-state index contributed by atoms with van der Waals surface area (Å²) in [5, 5.41) is 0.462. The van der Waals surface area contributed by atoms with Gasteiger partial charge in [0.1, 0.15) is 0 Å². The Labute approximate surface area is 114 Å². The summed E-state index contributed by atoms with van der Waals surface area (Å²) in [4.78, 5) is 11.9. The van der Waals surface area contributed by atoms with Gasteiger partial charge in [0, 0.05) is 13.3 Å². The van der Waals surface area contributed by atoms with E-state index >= 15 is 0 Å². The van der Waals surface area contributed by atoms with Crippen LogP contribution in [0.15, 0.2) is 24.3 Å². The smallest absolute Gasteiger partial charge is 0.338 e. The molecule has 0 aromatic heterocycles. The van der Waals surface area contributed by atoms with Crippen LogP contribution in [0.2, 0.25) is 0 Å². The van der Waals surface area contributed by atoms with E-state index in [0.717, 1.165) is 12.8 Å². The molecule has 0 aliphatic heterocycles. The zero-order valence-corrected chi connectivity index (χ0v) is 12.6. The van der Waals surface area contributed by atoms with Gasteiger partial charge in [-0.05, 0) is 25.5 Å². The van der Waals surface area contributed by atoms with E-state index in [1.165, 1.54) is 7.11 Å². The molecule has 1 unspecified atom stereocenters. The van der Waals surface area contributed by atoms with Crippen LogP contribution in [-0.2, 0) is 13.8 Å². The average Bonchev–Trinajstić information content (AvgIpc) is 2.45. The van der Waals surface area contributed by atoms with Crippen molar-refractivity contribution in [2.45, 2.75) is 26.7 Å². The summed E-state index contributed by atoms with van der Waals surface area (Å²) in [5.41, 5.74) is 0.339. The van der Waals surface area contributed by atoms with Crippen LogP contribution in [0.5, 0.6) is 0 Å². The van der Waals surface area contributed by atoms with Gasteiger partial charge < -0.3 is 9.26 Å². The molecule has 19 heavy (non-hydrogen) atoms. The first-order valence-electron chi connectivity index (χ1n) is 6.50. The Morgan fingerprint density at radius 2 is 1.95 bits per heavy atom. The highest BCUT2D eigenvalue weighted by molar-refractivity contribution is 7.67. The van der Waals surface area contributed by atoms with Gasteiger partial charge in [-0.3, -0.25) is 4.57 Å². The summed E-state index contributed by atoms with van der Waals surface area (Å²) in [5.74, 6) is -0.452. The third kappa shape index (κ3) is 3.92. The highest BCUT2D eigenvalue weighted by Crippen LogP contribution is 2.46. The monoisotopic (exact) mass is 284 g/mol. The summed E-state index contributed by atoms with van der Waals surface area (Å²) in [6.07, 6.45) is 2.16. The zero-order chi connectivity index (χ0) is 14.3. The Bertz CT molecular complexity index is 470. The van der Waals surface area contributed by atoms with Crippen molar-refractivity contribution in [3.63, 3.8) is 0 Å². The van der Waals surface area contributed by atoms with E-state index in [9.17, 15) is 9.36 Å². The molecule has 0 aliphatic carbocycles. The lowest BCUT2D eigenvalue weighted by Gasteiger charge is -2.18. The first-order chi connectivity index (χ1) is 9.09. The Morgan fingerprint density at radius 1 is 1.26 bits per heavy atom. The van der Waals surface area contributed by atoms with Gasteiger partial charge >= 0.3 is 5.97 Å². The fraction of sp³-hybridized carbons (Fsp3) is 0.500. The maximum Gasteiger partial charge on any atom is 0.338 e. The van der Waals surface area contributed by atoms with Crippen molar-refractivity contribution in [1.29, 1.82) is 0 Å². The van der Waals surface area contributed by atoms with E-state index < -0.39 is 13.3 Å². The minimum atomic E-state index is -2.99. The van der Waals surface area contributed by atoms with Gasteiger partial charge in [0.05, 0.1) is 17.5 Å². The molecule has 4 nitrogen and oxygen atoms in total. The molecule has 1 aromatic rings. The number of hydrogen-bond acceptors (Lipinski definition) is 4. The van der Waals surface area contributed by atoms with Gasteiger partial charge in [-0.2, -0.15) is 0 Å². The number of carbonyl (C=O) groups excluding carboxylic acids is 1. The van der Waals surface area contributed by atoms with Gasteiger partial charge in [-0.15, -0.1) is 0 Å². The van der Waals surface area contributed by atoms with Gasteiger partial charge in [-0.25, -0.2) is 4.79 Å². The van der Waals surface area contributed by atoms with Crippen molar-refractivity contribution >= 4 is 18.6 Å². The molecule has 0 amide bonds. The molecule has 0 heterocycles. The van der Waals surface area contributed by atoms with Crippen LogP contribution in [0.3, 0.4) is 0 Å². The van der Waals surface area contributed by atoms with Gasteiger partial charge in [0.15, 0.2) is 0 Å². The Kier molecular flexibility index (Phi) is 6.26. The molecule has 1 aromatic carbocycles. The van der Waals surface area contributed by atoms with Crippen LogP contribution in [-0.4, -0.2) is 25.8 Å². The van der Waals surface area contributed by atoms with Crippen molar-refractivity contribution in [2.24, 2.45) is 0 Å². The molecule has 106 valence electrons. The molecule has 1 rings (SSSR count). The third-order valence-corrected chi connectivity index (χ3v) is 5.49. The maximum absolute atomic E-state index is 12.8. The van der Waals surface area contributed by atoms with Crippen molar-refractivity contribution < 1.29 is 18.6 Å². The van der Waals surface area contributed by atoms with Crippen molar-refractivity contribution in [3.8, 4) is 0 Å². The number of hydrogen-bond donors (Lipinski definition) is 0. The third-order valence-electron chi connectivity index (χ3n) is 2.87. The second kappa shape index (κ2) is 7.46. The molecule has 0 spiro atoms. The Balaban J connectivity index is 3.17. The van der Waals surface area contributed by atoms with E-state index in [2.05, 4.69) is 0 Å². The Hall–Kier alpha value is -1.12. The molecular formula is C14H21O4P. The summed E-state index contributed by atoms with van der Waals surface area (Å²) in [7, 11) is -1.56. The van der Waals surface area contributed by atoms with Gasteiger partial charge in [0.2, 0.25) is 7.37 Å². The van der Waals surface area contributed by atoms with Gasteiger partial charge in [-0.1, -0.05) is 25.5 Å². The molecule has 5 heteroatoms. The van der Waals surface area contributed by atoms with Crippen molar-refractivity contribution in [2.75, 3.05) is 19.9 Å². The molecule has 0 radical (unpaired) electrons. The lowest BCUT2D eigenvalue weighted by atomic mass is 10.2. The van der Waals surface area contributed by atoms with Crippen LogP contribution < -0.4 is 5.30 Å². The fourth-order valence-electron chi connectivity index (χ4n) is 1.83. The highest BCUT2D eigenvalue weighted by Gasteiger charge is 2.29. The first kappa shape index (κ1) is 15.9.